The second-order valence-corrected chi connectivity index (χ2v) is 5.80. The number of nitro benzene ring substituents is 1. The van der Waals surface area contributed by atoms with Gasteiger partial charge in [0.05, 0.1) is 4.92 Å². The molecule has 100 valence electrons. The first-order valence-electron chi connectivity index (χ1n) is 4.00. The molecule has 0 N–H and O–H groups in total. The van der Waals surface area contributed by atoms with E-state index in [2.05, 4.69) is 4.74 Å². The summed E-state index contributed by atoms with van der Waals surface area (Å²) in [5.41, 5.74) is -1.03. The Balaban J connectivity index is 3.63. The Morgan fingerprint density at radius 2 is 1.94 bits per heavy atom. The number of benzene rings is 1. The van der Waals surface area contributed by atoms with Crippen molar-refractivity contribution in [2.45, 2.75) is 11.5 Å². The van der Waals surface area contributed by atoms with E-state index in [0.717, 1.165) is 0 Å². The van der Waals surface area contributed by atoms with Crippen molar-refractivity contribution in [2.75, 3.05) is 0 Å². The molecule has 0 atom stereocenters. The highest BCUT2D eigenvalue weighted by molar-refractivity contribution is 8.13. The van der Waals surface area contributed by atoms with E-state index in [0.29, 0.717) is 12.1 Å². The lowest BCUT2D eigenvalue weighted by Crippen LogP contribution is -2.08. The maximum Gasteiger partial charge on any atom is 0.387 e. The smallest absolute Gasteiger partial charge is 0.387 e. The number of hydrogen-bond donors (Lipinski definition) is 0. The summed E-state index contributed by atoms with van der Waals surface area (Å²) in [6, 6.07) is 1.35. The summed E-state index contributed by atoms with van der Waals surface area (Å²) in [6.07, 6.45) is 0. The van der Waals surface area contributed by atoms with Gasteiger partial charge in [0.2, 0.25) is 5.75 Å². The quantitative estimate of drug-likeness (QED) is 0.483. The van der Waals surface area contributed by atoms with Gasteiger partial charge in [-0.3, -0.25) is 10.1 Å². The largest absolute Gasteiger partial charge is 0.426 e. The van der Waals surface area contributed by atoms with E-state index in [4.69, 9.17) is 22.3 Å². The first-order chi connectivity index (χ1) is 8.12. The van der Waals surface area contributed by atoms with Gasteiger partial charge in [-0.1, -0.05) is 11.6 Å². The molecule has 0 radical (unpaired) electrons. The lowest BCUT2D eigenvalue weighted by Gasteiger charge is -2.09. The van der Waals surface area contributed by atoms with Gasteiger partial charge in [-0.25, -0.2) is 8.42 Å². The molecular weight excluding hydrogens is 319 g/mol. The number of rotatable bonds is 4. The fourth-order valence-electron chi connectivity index (χ4n) is 1.08. The number of alkyl halides is 2. The van der Waals surface area contributed by atoms with E-state index < -0.39 is 36.9 Å². The predicted molar refractivity (Wildman–Crippen MR) is 57.8 cm³/mol. The third-order valence-corrected chi connectivity index (χ3v) is 3.21. The third kappa shape index (κ3) is 3.40. The summed E-state index contributed by atoms with van der Waals surface area (Å²) in [5, 5.41) is 10.3. The summed E-state index contributed by atoms with van der Waals surface area (Å²) in [7, 11) is 0.429. The normalized spacial score (nSPS) is 11.6. The number of nitro groups is 1. The van der Waals surface area contributed by atoms with Crippen LogP contribution in [0.4, 0.5) is 14.5 Å². The van der Waals surface area contributed by atoms with Crippen molar-refractivity contribution in [3.05, 3.63) is 27.3 Å². The minimum absolute atomic E-state index is 0.359. The molecule has 0 fully saturated rings. The van der Waals surface area contributed by atoms with Gasteiger partial charge >= 0.3 is 12.3 Å². The second-order valence-electron chi connectivity index (χ2n) is 2.83. The molecule has 1 aromatic carbocycles. The van der Waals surface area contributed by atoms with Crippen LogP contribution in [0.5, 0.6) is 5.75 Å². The van der Waals surface area contributed by atoms with E-state index in [-0.39, 0.29) is 5.02 Å². The van der Waals surface area contributed by atoms with Crippen LogP contribution in [0.25, 0.3) is 0 Å². The van der Waals surface area contributed by atoms with E-state index in [1.165, 1.54) is 0 Å². The van der Waals surface area contributed by atoms with Crippen molar-refractivity contribution < 1.29 is 26.9 Å². The average Bonchev–Trinajstić information content (AvgIpc) is 2.17. The molecule has 0 aromatic heterocycles. The molecule has 0 aliphatic heterocycles. The third-order valence-electron chi connectivity index (χ3n) is 1.67. The van der Waals surface area contributed by atoms with Crippen LogP contribution in [0.1, 0.15) is 0 Å². The Labute approximate surface area is 109 Å². The van der Waals surface area contributed by atoms with Crippen LogP contribution < -0.4 is 4.74 Å². The molecule has 0 heterocycles. The fourth-order valence-corrected chi connectivity index (χ4v) is 2.34. The minimum atomic E-state index is -4.53. The standard InChI is InChI=1S/C7H3Cl2F2NO5S/c8-3-1-4(12(13)14)6(17-7(10)11)5(2-3)18(9,15)16/h1-2,7H. The van der Waals surface area contributed by atoms with E-state index in [9.17, 15) is 27.3 Å². The summed E-state index contributed by atoms with van der Waals surface area (Å²) >= 11 is 5.44. The number of ether oxygens (including phenoxy) is 1. The number of nitrogens with zero attached hydrogens (tertiary/aromatic N) is 1. The van der Waals surface area contributed by atoms with Crippen LogP contribution in [-0.2, 0) is 9.05 Å². The Bertz CT molecular complexity index is 592. The van der Waals surface area contributed by atoms with Crippen LogP contribution >= 0.6 is 22.3 Å². The van der Waals surface area contributed by atoms with Crippen LogP contribution in [0.15, 0.2) is 17.0 Å². The highest BCUT2D eigenvalue weighted by Crippen LogP contribution is 2.39. The molecule has 18 heavy (non-hydrogen) atoms. The average molecular weight is 322 g/mol. The molecule has 1 aromatic rings. The zero-order valence-corrected chi connectivity index (χ0v) is 10.5. The molecule has 0 aliphatic carbocycles. The van der Waals surface area contributed by atoms with Gasteiger partial charge < -0.3 is 4.74 Å². The molecule has 0 bridgehead atoms. The van der Waals surface area contributed by atoms with Gasteiger partial charge in [0.25, 0.3) is 9.05 Å². The van der Waals surface area contributed by atoms with Gasteiger partial charge in [-0.2, -0.15) is 8.78 Å². The summed E-state index contributed by atoms with van der Waals surface area (Å²) < 4.78 is 50.3. The van der Waals surface area contributed by atoms with Gasteiger partial charge in [0.1, 0.15) is 4.90 Å². The predicted octanol–water partition coefficient (Wildman–Crippen LogP) is 2.78. The number of halogens is 4. The van der Waals surface area contributed by atoms with E-state index >= 15 is 0 Å². The van der Waals surface area contributed by atoms with E-state index in [1.807, 2.05) is 0 Å². The first-order valence-corrected chi connectivity index (χ1v) is 6.69. The highest BCUT2D eigenvalue weighted by Gasteiger charge is 2.29. The second kappa shape index (κ2) is 5.21. The SMILES string of the molecule is O=[N+]([O-])c1cc(Cl)cc(S(=O)(=O)Cl)c1OC(F)F. The zero-order valence-electron chi connectivity index (χ0n) is 8.14. The van der Waals surface area contributed by atoms with Gasteiger partial charge in [0.15, 0.2) is 0 Å². The molecule has 1 rings (SSSR count). The molecule has 0 saturated heterocycles. The van der Waals surface area contributed by atoms with Crippen LogP contribution in [0.2, 0.25) is 5.02 Å². The highest BCUT2D eigenvalue weighted by atomic mass is 35.7. The maximum absolute atomic E-state index is 12.1. The summed E-state index contributed by atoms with van der Waals surface area (Å²) in [6.45, 7) is -3.46. The van der Waals surface area contributed by atoms with Crippen molar-refractivity contribution in [1.29, 1.82) is 0 Å². The van der Waals surface area contributed by atoms with Gasteiger partial charge in [-0.05, 0) is 6.07 Å². The van der Waals surface area contributed by atoms with Crippen molar-refractivity contribution in [1.82, 2.24) is 0 Å². The molecule has 0 spiro atoms. The summed E-state index contributed by atoms with van der Waals surface area (Å²) in [5.74, 6) is -1.16. The zero-order chi connectivity index (χ0) is 14.1. The van der Waals surface area contributed by atoms with Crippen LogP contribution in [0, 0.1) is 10.1 Å². The Hall–Kier alpha value is -1.19. The monoisotopic (exact) mass is 321 g/mol. The molecular formula is C7H3Cl2F2NO5S. The lowest BCUT2D eigenvalue weighted by molar-refractivity contribution is -0.386. The number of hydrogen-bond acceptors (Lipinski definition) is 5. The van der Waals surface area contributed by atoms with E-state index in [1.54, 1.807) is 0 Å². The minimum Gasteiger partial charge on any atom is -0.426 e. The molecule has 0 aliphatic rings. The van der Waals surface area contributed by atoms with Crippen molar-refractivity contribution in [3.63, 3.8) is 0 Å². The molecule has 0 amide bonds. The Kier molecular flexibility index (Phi) is 4.30. The fraction of sp³-hybridized carbons (Fsp3) is 0.143. The molecule has 11 heteroatoms. The molecule has 0 saturated carbocycles. The maximum atomic E-state index is 12.1. The molecule has 6 nitrogen and oxygen atoms in total. The lowest BCUT2D eigenvalue weighted by atomic mass is 10.3. The van der Waals surface area contributed by atoms with Crippen molar-refractivity contribution in [3.8, 4) is 5.75 Å². The van der Waals surface area contributed by atoms with Crippen LogP contribution in [0.3, 0.4) is 0 Å². The van der Waals surface area contributed by atoms with Crippen LogP contribution in [-0.4, -0.2) is 20.0 Å². The van der Waals surface area contributed by atoms with Crippen molar-refractivity contribution in [2.24, 2.45) is 0 Å². The Morgan fingerprint density at radius 1 is 1.39 bits per heavy atom. The van der Waals surface area contributed by atoms with Gasteiger partial charge in [-0.15, -0.1) is 0 Å². The topological polar surface area (TPSA) is 86.5 Å². The summed E-state index contributed by atoms with van der Waals surface area (Å²) in [4.78, 5) is 8.51. The Morgan fingerprint density at radius 3 is 2.33 bits per heavy atom. The van der Waals surface area contributed by atoms with Gasteiger partial charge in [0, 0.05) is 21.8 Å². The molecule has 0 unspecified atom stereocenters. The van der Waals surface area contributed by atoms with Crippen molar-refractivity contribution >= 4 is 37.0 Å². The first kappa shape index (κ1) is 14.9.